The van der Waals surface area contributed by atoms with Crippen LogP contribution in [0, 0.1) is 0 Å². The van der Waals surface area contributed by atoms with Gasteiger partial charge < -0.3 is 64.2 Å². The van der Waals surface area contributed by atoms with Crippen molar-refractivity contribution in [3.8, 4) is 0 Å². The highest BCUT2D eigenvalue weighted by Crippen LogP contribution is 2.26. The van der Waals surface area contributed by atoms with Crippen molar-refractivity contribution in [3.05, 3.63) is 36.5 Å². The highest BCUT2D eigenvalue weighted by Gasteiger charge is 2.47. The first-order chi connectivity index (χ1) is 31.5. The van der Waals surface area contributed by atoms with Gasteiger partial charge in [0.15, 0.2) is 18.7 Å². The van der Waals surface area contributed by atoms with Crippen LogP contribution in [0.25, 0.3) is 0 Å². The zero-order valence-corrected chi connectivity index (χ0v) is 39.7. The fraction of sp³-hybridized carbons (Fsp3) is 0.840. The molecule has 0 amide bonds. The largest absolute Gasteiger partial charge is 0.462 e. The summed E-state index contributed by atoms with van der Waals surface area (Å²) in [5, 5.41) is 72.0. The Labute approximate surface area is 389 Å². The molecule has 0 spiro atoms. The Balaban J connectivity index is 1.84. The van der Waals surface area contributed by atoms with Crippen LogP contribution in [0.5, 0.6) is 0 Å². The minimum Gasteiger partial charge on any atom is -0.462 e. The van der Waals surface area contributed by atoms with Gasteiger partial charge in [-0.2, -0.15) is 0 Å². The third-order valence-electron chi connectivity index (χ3n) is 11.9. The van der Waals surface area contributed by atoms with Crippen LogP contribution in [-0.2, 0) is 38.0 Å². The molecule has 0 saturated carbocycles. The molecule has 2 aliphatic heterocycles. The van der Waals surface area contributed by atoms with E-state index in [1.54, 1.807) is 0 Å². The smallest absolute Gasteiger partial charge is 0.306 e. The summed E-state index contributed by atoms with van der Waals surface area (Å²) < 4.78 is 33.5. The first-order valence-electron chi connectivity index (χ1n) is 25.1. The number of rotatable bonds is 38. The summed E-state index contributed by atoms with van der Waals surface area (Å²) in [7, 11) is 0. The Morgan fingerprint density at radius 3 is 1.49 bits per heavy atom. The number of hydrogen-bond acceptors (Lipinski definition) is 15. The van der Waals surface area contributed by atoms with E-state index in [-0.39, 0.29) is 19.4 Å². The van der Waals surface area contributed by atoms with E-state index in [4.69, 9.17) is 28.4 Å². The molecule has 2 fully saturated rings. The Morgan fingerprint density at radius 1 is 0.492 bits per heavy atom. The third kappa shape index (κ3) is 26.2. The molecule has 2 saturated heterocycles. The monoisotopic (exact) mass is 929 g/mol. The molecule has 7 N–H and O–H groups in total. The number of hydrogen-bond donors (Lipinski definition) is 7. The van der Waals surface area contributed by atoms with Gasteiger partial charge in [-0.1, -0.05) is 153 Å². The van der Waals surface area contributed by atoms with Gasteiger partial charge in [0.2, 0.25) is 0 Å². The summed E-state index contributed by atoms with van der Waals surface area (Å²) in [6.07, 6.45) is 21.9. The lowest BCUT2D eigenvalue weighted by Crippen LogP contribution is -2.61. The number of carbonyl (C=O) groups is 2. The molecule has 0 aliphatic carbocycles. The van der Waals surface area contributed by atoms with Crippen molar-refractivity contribution in [2.24, 2.45) is 0 Å². The highest BCUT2D eigenvalue weighted by molar-refractivity contribution is 5.70. The number of allylic oxidation sites excluding steroid dienone is 6. The molecular formula is C50H88O15. The summed E-state index contributed by atoms with van der Waals surface area (Å²) in [5.41, 5.74) is 0. The van der Waals surface area contributed by atoms with Crippen LogP contribution in [0.2, 0.25) is 0 Å². The Morgan fingerprint density at radius 2 is 0.938 bits per heavy atom. The zero-order chi connectivity index (χ0) is 47.5. The van der Waals surface area contributed by atoms with Gasteiger partial charge in [0, 0.05) is 12.8 Å². The number of ether oxygens (including phenoxy) is 6. The number of aliphatic hydroxyl groups excluding tert-OH is 7. The van der Waals surface area contributed by atoms with E-state index in [2.05, 4.69) is 44.2 Å². The number of esters is 2. The lowest BCUT2D eigenvalue weighted by atomic mass is 9.98. The van der Waals surface area contributed by atoms with E-state index in [1.807, 2.05) is 6.08 Å². The van der Waals surface area contributed by atoms with Gasteiger partial charge in [-0.3, -0.25) is 9.59 Å². The molecule has 378 valence electrons. The number of carbonyl (C=O) groups excluding carboxylic acids is 2. The SMILES string of the molecule is CCCCCCCC/C=C/C/C=C/C/C=C/CCCC(=O)OC[C@@H](CO[C@@H]1O[C@H](CO[C@@H]2O[C@H](CO)[C@H](O)C(O)C2O)[C@H](O)C(O)C1O)OC(=O)CCCCCCCCCCCCCC. The van der Waals surface area contributed by atoms with Crippen LogP contribution in [0.3, 0.4) is 0 Å². The van der Waals surface area contributed by atoms with Crippen molar-refractivity contribution in [1.29, 1.82) is 0 Å². The van der Waals surface area contributed by atoms with Crippen LogP contribution >= 0.6 is 0 Å². The number of aliphatic hydroxyl groups is 7. The molecule has 65 heavy (non-hydrogen) atoms. The lowest BCUT2D eigenvalue weighted by Gasteiger charge is -2.42. The number of unbranched alkanes of at least 4 members (excludes halogenated alkanes) is 18. The Hall–Kier alpha value is -2.28. The normalized spacial score (nSPS) is 26.7. The minimum atomic E-state index is -1.77. The van der Waals surface area contributed by atoms with E-state index in [0.717, 1.165) is 38.5 Å². The maximum Gasteiger partial charge on any atom is 0.306 e. The predicted octanol–water partition coefficient (Wildman–Crippen LogP) is 6.54. The first-order valence-corrected chi connectivity index (χ1v) is 25.1. The van der Waals surface area contributed by atoms with Crippen molar-refractivity contribution < 1.29 is 73.8 Å². The fourth-order valence-electron chi connectivity index (χ4n) is 7.70. The minimum absolute atomic E-state index is 0.147. The van der Waals surface area contributed by atoms with Gasteiger partial charge in [0.05, 0.1) is 19.8 Å². The Kier molecular flexibility index (Phi) is 34.1. The second-order valence-electron chi connectivity index (χ2n) is 17.6. The van der Waals surface area contributed by atoms with Crippen LogP contribution in [0.1, 0.15) is 174 Å². The highest BCUT2D eigenvalue weighted by atomic mass is 16.7. The molecule has 0 aromatic rings. The molecule has 0 radical (unpaired) electrons. The molecule has 0 bridgehead atoms. The molecular weight excluding hydrogens is 841 g/mol. The van der Waals surface area contributed by atoms with Crippen molar-refractivity contribution in [1.82, 2.24) is 0 Å². The molecule has 2 rings (SSSR count). The molecule has 11 atom stereocenters. The van der Waals surface area contributed by atoms with Gasteiger partial charge in [0.1, 0.15) is 55.4 Å². The summed E-state index contributed by atoms with van der Waals surface area (Å²) in [6, 6.07) is 0. The maximum absolute atomic E-state index is 13.0. The van der Waals surface area contributed by atoms with Crippen molar-refractivity contribution in [2.75, 3.05) is 26.4 Å². The van der Waals surface area contributed by atoms with Gasteiger partial charge in [0.25, 0.3) is 0 Å². The van der Waals surface area contributed by atoms with E-state index in [1.165, 1.54) is 89.9 Å². The van der Waals surface area contributed by atoms with Gasteiger partial charge >= 0.3 is 11.9 Å². The van der Waals surface area contributed by atoms with E-state index in [9.17, 15) is 45.3 Å². The summed E-state index contributed by atoms with van der Waals surface area (Å²) in [5.74, 6) is -0.984. The average molecular weight is 929 g/mol. The predicted molar refractivity (Wildman–Crippen MR) is 247 cm³/mol. The molecule has 15 nitrogen and oxygen atoms in total. The van der Waals surface area contributed by atoms with Crippen molar-refractivity contribution in [3.63, 3.8) is 0 Å². The summed E-state index contributed by atoms with van der Waals surface area (Å²) in [6.45, 7) is 2.52. The molecule has 0 aromatic carbocycles. The van der Waals surface area contributed by atoms with Crippen molar-refractivity contribution >= 4 is 11.9 Å². The molecule has 4 unspecified atom stereocenters. The first kappa shape index (κ1) is 58.8. The second-order valence-corrected chi connectivity index (χ2v) is 17.6. The van der Waals surface area contributed by atoms with Gasteiger partial charge in [-0.15, -0.1) is 0 Å². The van der Waals surface area contributed by atoms with Crippen LogP contribution in [0.4, 0.5) is 0 Å². The quantitative estimate of drug-likeness (QED) is 0.0198. The zero-order valence-electron chi connectivity index (χ0n) is 39.7. The van der Waals surface area contributed by atoms with Crippen LogP contribution in [-0.4, -0.2) is 142 Å². The summed E-state index contributed by atoms with van der Waals surface area (Å²) in [4.78, 5) is 25.7. The molecule has 2 aliphatic rings. The van der Waals surface area contributed by atoms with Gasteiger partial charge in [-0.05, 0) is 44.9 Å². The Bertz CT molecular complexity index is 1280. The topological polar surface area (TPSA) is 231 Å². The molecule has 15 heteroatoms. The standard InChI is InChI=1S/C50H88O15/c1-3-5-7-9-11-13-15-17-18-19-20-21-23-24-26-28-30-32-41(52)60-35-38(63-42(53)33-31-29-27-25-22-16-14-12-10-8-6-4-2)36-61-49-48(59)46(57)44(55)40(65-49)37-62-50-47(58)45(56)43(54)39(34-51)64-50/h17-18,20-21,24,26,38-40,43-51,54-59H,3-16,19,22-23,25,27-37H2,1-2H3/b18-17+,21-20+,26-24+/t38-,39+,40+,43-,44-,45?,46?,47?,48?,49+,50+/m0/s1. The molecule has 2 heterocycles. The van der Waals surface area contributed by atoms with E-state index >= 15 is 0 Å². The van der Waals surface area contributed by atoms with Crippen molar-refractivity contribution in [2.45, 2.75) is 242 Å². The van der Waals surface area contributed by atoms with E-state index < -0.39 is 99.3 Å². The summed E-state index contributed by atoms with van der Waals surface area (Å²) >= 11 is 0. The third-order valence-corrected chi connectivity index (χ3v) is 11.9. The van der Waals surface area contributed by atoms with Crippen LogP contribution < -0.4 is 0 Å². The maximum atomic E-state index is 13.0. The van der Waals surface area contributed by atoms with Gasteiger partial charge in [-0.25, -0.2) is 0 Å². The van der Waals surface area contributed by atoms with Crippen LogP contribution in [0.15, 0.2) is 36.5 Å². The van der Waals surface area contributed by atoms with E-state index in [0.29, 0.717) is 19.3 Å². The molecule has 0 aromatic heterocycles. The average Bonchev–Trinajstić information content (AvgIpc) is 3.30. The lowest BCUT2D eigenvalue weighted by molar-refractivity contribution is -0.332. The second kappa shape index (κ2) is 37.7. The fourth-order valence-corrected chi connectivity index (χ4v) is 7.70.